The van der Waals surface area contributed by atoms with Gasteiger partial charge in [-0.2, -0.15) is 0 Å². The maximum atomic E-state index is 13.6. The molecule has 5 nitrogen and oxygen atoms in total. The van der Waals surface area contributed by atoms with Crippen molar-refractivity contribution >= 4 is 33.1 Å². The third-order valence-corrected chi connectivity index (χ3v) is 4.29. The number of rotatable bonds is 3. The summed E-state index contributed by atoms with van der Waals surface area (Å²) in [7, 11) is -4.00. The quantitative estimate of drug-likeness (QED) is 0.852. The minimum absolute atomic E-state index is 0.0197. The average molecular weight is 316 g/mol. The minimum atomic E-state index is -4.00. The molecule has 1 aromatic heterocycles. The van der Waals surface area contributed by atoms with E-state index in [9.17, 15) is 12.8 Å². The Hall–Kier alpha value is -1.86. The molecule has 0 spiro atoms. The molecular formula is C12H11ClFN3O2S. The van der Waals surface area contributed by atoms with E-state index in [4.69, 9.17) is 17.3 Å². The number of nitrogens with two attached hydrogens (primary N) is 1. The highest BCUT2D eigenvalue weighted by molar-refractivity contribution is 7.92. The zero-order valence-electron chi connectivity index (χ0n) is 10.4. The van der Waals surface area contributed by atoms with E-state index in [0.29, 0.717) is 5.02 Å². The first-order chi connectivity index (χ1) is 9.29. The van der Waals surface area contributed by atoms with Gasteiger partial charge in [0.1, 0.15) is 11.6 Å². The fourth-order valence-corrected chi connectivity index (χ4v) is 3.05. The number of nitrogens with one attached hydrogen (secondary N) is 1. The van der Waals surface area contributed by atoms with Gasteiger partial charge in [0.25, 0.3) is 10.0 Å². The van der Waals surface area contributed by atoms with Crippen molar-refractivity contribution in [2.75, 3.05) is 10.5 Å². The molecule has 20 heavy (non-hydrogen) atoms. The summed E-state index contributed by atoms with van der Waals surface area (Å²) in [4.78, 5) is 3.59. The fraction of sp³-hybridized carbons (Fsp3) is 0.0833. The van der Waals surface area contributed by atoms with Crippen LogP contribution in [0.1, 0.15) is 5.56 Å². The number of sulfonamides is 1. The third-order valence-electron chi connectivity index (χ3n) is 2.57. The maximum absolute atomic E-state index is 13.6. The fourth-order valence-electron chi connectivity index (χ4n) is 1.61. The largest absolute Gasteiger partial charge is 0.399 e. The van der Waals surface area contributed by atoms with Gasteiger partial charge < -0.3 is 5.73 Å². The molecular weight excluding hydrogens is 305 g/mol. The van der Waals surface area contributed by atoms with Crippen molar-refractivity contribution < 1.29 is 12.8 Å². The van der Waals surface area contributed by atoms with E-state index < -0.39 is 15.8 Å². The van der Waals surface area contributed by atoms with Gasteiger partial charge in [0.15, 0.2) is 0 Å². The second-order valence-electron chi connectivity index (χ2n) is 4.09. The van der Waals surface area contributed by atoms with E-state index in [-0.39, 0.29) is 22.0 Å². The van der Waals surface area contributed by atoms with Crippen LogP contribution in [-0.2, 0) is 10.0 Å². The summed E-state index contributed by atoms with van der Waals surface area (Å²) < 4.78 is 40.2. The molecule has 0 unspecified atom stereocenters. The van der Waals surface area contributed by atoms with Crippen LogP contribution in [0.4, 0.5) is 15.9 Å². The third kappa shape index (κ3) is 3.00. The van der Waals surface area contributed by atoms with Gasteiger partial charge in [-0.15, -0.1) is 0 Å². The van der Waals surface area contributed by atoms with E-state index in [1.54, 1.807) is 0 Å². The monoisotopic (exact) mass is 315 g/mol. The van der Waals surface area contributed by atoms with Crippen molar-refractivity contribution in [2.24, 2.45) is 0 Å². The molecule has 1 heterocycles. The van der Waals surface area contributed by atoms with Gasteiger partial charge in [0.2, 0.25) is 0 Å². The number of anilines is 2. The highest BCUT2D eigenvalue weighted by Gasteiger charge is 2.20. The Labute approximate surface area is 120 Å². The van der Waals surface area contributed by atoms with Crippen molar-refractivity contribution in [3.63, 3.8) is 0 Å². The SMILES string of the molecule is Cc1c(F)cc(N)cc1S(=O)(=O)Nc1cc(Cl)ccn1. The predicted molar refractivity (Wildman–Crippen MR) is 75.6 cm³/mol. The van der Waals surface area contributed by atoms with Crippen molar-refractivity contribution in [2.45, 2.75) is 11.8 Å². The molecule has 0 amide bonds. The number of pyridine rings is 1. The summed E-state index contributed by atoms with van der Waals surface area (Å²) in [6.07, 6.45) is 1.35. The number of aromatic nitrogens is 1. The van der Waals surface area contributed by atoms with Crippen molar-refractivity contribution in [3.8, 4) is 0 Å². The molecule has 0 saturated carbocycles. The van der Waals surface area contributed by atoms with Crippen LogP contribution in [0.3, 0.4) is 0 Å². The van der Waals surface area contributed by atoms with Crippen LogP contribution in [0.25, 0.3) is 0 Å². The van der Waals surface area contributed by atoms with Crippen LogP contribution in [0.5, 0.6) is 0 Å². The molecule has 1 aromatic carbocycles. The lowest BCUT2D eigenvalue weighted by Gasteiger charge is -2.11. The molecule has 0 fully saturated rings. The summed E-state index contributed by atoms with van der Waals surface area (Å²) in [5.74, 6) is -0.649. The van der Waals surface area contributed by atoms with E-state index in [1.165, 1.54) is 31.3 Å². The van der Waals surface area contributed by atoms with Gasteiger partial charge in [-0.1, -0.05) is 11.6 Å². The van der Waals surface area contributed by atoms with Crippen LogP contribution >= 0.6 is 11.6 Å². The lowest BCUT2D eigenvalue weighted by atomic mass is 10.2. The molecule has 0 bridgehead atoms. The van der Waals surface area contributed by atoms with Gasteiger partial charge in [-0.3, -0.25) is 4.72 Å². The second-order valence-corrected chi connectivity index (χ2v) is 6.18. The average Bonchev–Trinajstić information content (AvgIpc) is 2.33. The smallest absolute Gasteiger partial charge is 0.263 e. The van der Waals surface area contributed by atoms with E-state index in [0.717, 1.165) is 6.07 Å². The van der Waals surface area contributed by atoms with Crippen molar-refractivity contribution in [3.05, 3.63) is 46.9 Å². The van der Waals surface area contributed by atoms with Gasteiger partial charge in [0, 0.05) is 28.5 Å². The zero-order valence-corrected chi connectivity index (χ0v) is 12.0. The molecule has 2 aromatic rings. The molecule has 2 rings (SSSR count). The first-order valence-corrected chi connectivity index (χ1v) is 7.36. The van der Waals surface area contributed by atoms with E-state index in [2.05, 4.69) is 9.71 Å². The number of hydrogen-bond donors (Lipinski definition) is 2. The Kier molecular flexibility index (Phi) is 3.82. The molecule has 0 aliphatic rings. The minimum Gasteiger partial charge on any atom is -0.399 e. The standard InChI is InChI=1S/C12H11ClFN3O2S/c1-7-10(14)5-9(15)6-11(7)20(18,19)17-12-4-8(13)2-3-16-12/h2-6H,15H2,1H3,(H,16,17). The lowest BCUT2D eigenvalue weighted by Crippen LogP contribution is -2.16. The Bertz CT molecular complexity index is 765. The normalized spacial score (nSPS) is 11.3. The van der Waals surface area contributed by atoms with E-state index >= 15 is 0 Å². The molecule has 0 saturated heterocycles. The lowest BCUT2D eigenvalue weighted by molar-refractivity contribution is 0.591. The van der Waals surface area contributed by atoms with Crippen molar-refractivity contribution in [1.82, 2.24) is 4.98 Å². The van der Waals surface area contributed by atoms with Crippen LogP contribution in [-0.4, -0.2) is 13.4 Å². The highest BCUT2D eigenvalue weighted by atomic mass is 35.5. The molecule has 106 valence electrons. The van der Waals surface area contributed by atoms with Gasteiger partial charge >= 0.3 is 0 Å². The van der Waals surface area contributed by atoms with Crippen LogP contribution in [0, 0.1) is 12.7 Å². The van der Waals surface area contributed by atoms with Gasteiger partial charge in [-0.25, -0.2) is 17.8 Å². The van der Waals surface area contributed by atoms with Crippen LogP contribution in [0.2, 0.25) is 5.02 Å². The summed E-state index contributed by atoms with van der Waals surface area (Å²) in [5.41, 5.74) is 5.47. The molecule has 8 heteroatoms. The first-order valence-electron chi connectivity index (χ1n) is 5.49. The number of nitrogens with zero attached hydrogens (tertiary/aromatic N) is 1. The molecule has 0 aliphatic carbocycles. The molecule has 0 aliphatic heterocycles. The number of benzene rings is 1. The Morgan fingerprint density at radius 2 is 2.05 bits per heavy atom. The first kappa shape index (κ1) is 14.5. The number of hydrogen-bond acceptors (Lipinski definition) is 4. The van der Waals surface area contributed by atoms with Gasteiger partial charge in [0.05, 0.1) is 4.90 Å². The summed E-state index contributed by atoms with van der Waals surface area (Å²) in [6, 6.07) is 5.10. The topological polar surface area (TPSA) is 85.1 Å². The Morgan fingerprint density at radius 3 is 2.70 bits per heavy atom. The molecule has 3 N–H and O–H groups in total. The summed E-state index contributed by atoms with van der Waals surface area (Å²) in [5, 5.41) is 0.327. The number of halogens is 2. The number of nitrogen functional groups attached to an aromatic ring is 1. The van der Waals surface area contributed by atoms with Crippen LogP contribution < -0.4 is 10.5 Å². The second kappa shape index (κ2) is 5.26. The highest BCUT2D eigenvalue weighted by Crippen LogP contribution is 2.24. The predicted octanol–water partition coefficient (Wildman–Crippen LogP) is 2.57. The molecule has 0 radical (unpaired) electrons. The van der Waals surface area contributed by atoms with Crippen LogP contribution in [0.15, 0.2) is 35.4 Å². The summed E-state index contributed by atoms with van der Waals surface area (Å²) in [6.45, 7) is 1.36. The molecule has 0 atom stereocenters. The van der Waals surface area contributed by atoms with Crippen molar-refractivity contribution in [1.29, 1.82) is 0 Å². The van der Waals surface area contributed by atoms with E-state index in [1.807, 2.05) is 0 Å². The maximum Gasteiger partial charge on any atom is 0.263 e. The summed E-state index contributed by atoms with van der Waals surface area (Å²) >= 11 is 5.75. The van der Waals surface area contributed by atoms with Gasteiger partial charge in [-0.05, 0) is 25.1 Å². The Morgan fingerprint density at radius 1 is 1.35 bits per heavy atom. The zero-order chi connectivity index (χ0) is 14.9. The Balaban J connectivity index is 2.46.